The molecule has 0 fully saturated rings. The lowest BCUT2D eigenvalue weighted by molar-refractivity contribution is -0.116. The third-order valence-corrected chi connectivity index (χ3v) is 6.48. The number of benzene rings is 2. The summed E-state index contributed by atoms with van der Waals surface area (Å²) in [6.45, 7) is 4.09. The normalized spacial score (nSPS) is 15.7. The van der Waals surface area contributed by atoms with Crippen molar-refractivity contribution in [3.8, 4) is 0 Å². The molecule has 2 heterocycles. The number of aryl methyl sites for hydroxylation is 2. The molecule has 0 radical (unpaired) electrons. The second-order valence-corrected chi connectivity index (χ2v) is 8.39. The Labute approximate surface area is 174 Å². The van der Waals surface area contributed by atoms with Gasteiger partial charge in [-0.05, 0) is 30.5 Å². The molecule has 1 atom stereocenters. The molecule has 0 spiro atoms. The first-order valence-electron chi connectivity index (χ1n) is 9.58. The highest BCUT2D eigenvalue weighted by molar-refractivity contribution is 7.98. The summed E-state index contributed by atoms with van der Waals surface area (Å²) in [5.41, 5.74) is 4.81. The van der Waals surface area contributed by atoms with Crippen molar-refractivity contribution in [2.45, 2.75) is 37.1 Å². The summed E-state index contributed by atoms with van der Waals surface area (Å²) in [6.07, 6.45) is 0.253. The van der Waals surface area contributed by atoms with E-state index in [0.717, 1.165) is 11.1 Å². The third kappa shape index (κ3) is 3.85. The Morgan fingerprint density at radius 3 is 2.55 bits per heavy atom. The molecule has 1 unspecified atom stereocenters. The van der Waals surface area contributed by atoms with E-state index in [0.29, 0.717) is 22.3 Å². The van der Waals surface area contributed by atoms with Crippen molar-refractivity contribution in [1.82, 2.24) is 9.55 Å². The molecule has 29 heavy (non-hydrogen) atoms. The van der Waals surface area contributed by atoms with Crippen molar-refractivity contribution in [2.24, 2.45) is 7.05 Å². The maximum atomic E-state index is 13.0. The highest BCUT2D eigenvalue weighted by Gasteiger charge is 2.32. The van der Waals surface area contributed by atoms with Gasteiger partial charge in [-0.2, -0.15) is 4.98 Å². The summed E-state index contributed by atoms with van der Waals surface area (Å²) in [5.74, 6) is 0.903. The molecule has 1 aliphatic heterocycles. The van der Waals surface area contributed by atoms with Gasteiger partial charge < -0.3 is 9.88 Å². The highest BCUT2D eigenvalue weighted by Crippen LogP contribution is 2.36. The van der Waals surface area contributed by atoms with Crippen LogP contribution in [0.4, 0.5) is 5.82 Å². The number of thioether (sulfide) groups is 1. The van der Waals surface area contributed by atoms with E-state index in [9.17, 15) is 9.59 Å². The lowest BCUT2D eigenvalue weighted by Crippen LogP contribution is -2.33. The third-order valence-electron chi connectivity index (χ3n) is 5.40. The van der Waals surface area contributed by atoms with Crippen molar-refractivity contribution >= 4 is 23.5 Å². The fourth-order valence-electron chi connectivity index (χ4n) is 3.66. The SMILES string of the molecule is Cc1ccc(C2CC(=O)Nc3c2c(=O)nc(SCc2ccccc2C)n3C)cc1. The summed E-state index contributed by atoms with van der Waals surface area (Å²) in [5, 5.41) is 3.50. The van der Waals surface area contributed by atoms with E-state index in [1.54, 1.807) is 0 Å². The number of aromatic nitrogens is 2. The number of carbonyl (C=O) groups excluding carboxylic acids is 1. The zero-order valence-corrected chi connectivity index (χ0v) is 17.5. The summed E-state index contributed by atoms with van der Waals surface area (Å²) in [7, 11) is 1.85. The molecule has 1 amide bonds. The van der Waals surface area contributed by atoms with E-state index in [-0.39, 0.29) is 23.8 Å². The number of nitrogens with one attached hydrogen (secondary N) is 1. The largest absolute Gasteiger partial charge is 0.312 e. The van der Waals surface area contributed by atoms with Crippen LogP contribution < -0.4 is 10.9 Å². The summed E-state index contributed by atoms with van der Waals surface area (Å²) < 4.78 is 1.83. The zero-order chi connectivity index (χ0) is 20.5. The maximum Gasteiger partial charge on any atom is 0.279 e. The van der Waals surface area contributed by atoms with Gasteiger partial charge in [0, 0.05) is 25.1 Å². The van der Waals surface area contributed by atoms with Gasteiger partial charge in [0.25, 0.3) is 5.56 Å². The van der Waals surface area contributed by atoms with Gasteiger partial charge in [-0.3, -0.25) is 9.59 Å². The molecule has 0 aliphatic carbocycles. The standard InChI is InChI=1S/C23H23N3O2S/c1-14-8-10-16(11-9-14)18-12-19(27)24-21-20(18)22(28)25-23(26(21)3)29-13-17-7-5-4-6-15(17)2/h4-11,18H,12-13H2,1-3H3,(H,24,27). The molecular weight excluding hydrogens is 382 g/mol. The minimum Gasteiger partial charge on any atom is -0.312 e. The molecule has 0 saturated heterocycles. The number of hydrogen-bond acceptors (Lipinski definition) is 4. The van der Waals surface area contributed by atoms with Crippen molar-refractivity contribution in [1.29, 1.82) is 0 Å². The van der Waals surface area contributed by atoms with E-state index in [1.165, 1.54) is 22.9 Å². The van der Waals surface area contributed by atoms with Crippen LogP contribution in [0.25, 0.3) is 0 Å². The zero-order valence-electron chi connectivity index (χ0n) is 16.7. The number of carbonyl (C=O) groups is 1. The van der Waals surface area contributed by atoms with Crippen LogP contribution in [-0.2, 0) is 17.6 Å². The van der Waals surface area contributed by atoms with Crippen LogP contribution in [0.2, 0.25) is 0 Å². The van der Waals surface area contributed by atoms with Gasteiger partial charge in [0.05, 0.1) is 5.56 Å². The maximum absolute atomic E-state index is 13.0. The molecular formula is C23H23N3O2S. The smallest absolute Gasteiger partial charge is 0.279 e. The van der Waals surface area contributed by atoms with Crippen molar-refractivity contribution in [2.75, 3.05) is 5.32 Å². The minimum atomic E-state index is -0.277. The van der Waals surface area contributed by atoms with Gasteiger partial charge in [-0.15, -0.1) is 0 Å². The van der Waals surface area contributed by atoms with Gasteiger partial charge in [0.15, 0.2) is 5.16 Å². The second-order valence-electron chi connectivity index (χ2n) is 7.45. The molecule has 3 aromatic rings. The van der Waals surface area contributed by atoms with E-state index in [2.05, 4.69) is 29.4 Å². The molecule has 1 N–H and O–H groups in total. The number of fused-ring (bicyclic) bond motifs is 1. The minimum absolute atomic E-state index is 0.0841. The molecule has 148 valence electrons. The number of anilines is 1. The molecule has 1 aromatic heterocycles. The topological polar surface area (TPSA) is 64.0 Å². The molecule has 5 nitrogen and oxygen atoms in total. The Morgan fingerprint density at radius 1 is 1.10 bits per heavy atom. The van der Waals surface area contributed by atoms with Crippen LogP contribution in [0.1, 0.15) is 40.2 Å². The first kappa shape index (κ1) is 19.5. The van der Waals surface area contributed by atoms with Gasteiger partial charge in [-0.25, -0.2) is 0 Å². The highest BCUT2D eigenvalue weighted by atomic mass is 32.2. The van der Waals surface area contributed by atoms with Crippen molar-refractivity contribution in [3.05, 3.63) is 86.7 Å². The predicted octanol–water partition coefficient (Wildman–Crippen LogP) is 4.16. The summed E-state index contributed by atoms with van der Waals surface area (Å²) in [6, 6.07) is 16.2. The predicted molar refractivity (Wildman–Crippen MR) is 116 cm³/mol. The van der Waals surface area contributed by atoms with Gasteiger partial charge >= 0.3 is 0 Å². The van der Waals surface area contributed by atoms with E-state index < -0.39 is 0 Å². The molecule has 1 aliphatic rings. The molecule has 6 heteroatoms. The molecule has 0 bridgehead atoms. The Morgan fingerprint density at radius 2 is 1.83 bits per heavy atom. The Bertz CT molecular complexity index is 1140. The van der Waals surface area contributed by atoms with E-state index in [1.807, 2.05) is 54.9 Å². The van der Waals surface area contributed by atoms with Crippen molar-refractivity contribution in [3.63, 3.8) is 0 Å². The van der Waals surface area contributed by atoms with E-state index in [4.69, 9.17) is 0 Å². The second kappa shape index (κ2) is 7.87. The van der Waals surface area contributed by atoms with Crippen LogP contribution in [0, 0.1) is 13.8 Å². The van der Waals surface area contributed by atoms with E-state index >= 15 is 0 Å². The quantitative estimate of drug-likeness (QED) is 0.523. The van der Waals surface area contributed by atoms with Crippen molar-refractivity contribution < 1.29 is 4.79 Å². The molecule has 2 aromatic carbocycles. The fraction of sp³-hybridized carbons (Fsp3) is 0.261. The average Bonchev–Trinajstić information content (AvgIpc) is 2.70. The summed E-state index contributed by atoms with van der Waals surface area (Å²) >= 11 is 1.50. The lowest BCUT2D eigenvalue weighted by atomic mass is 9.86. The Kier molecular flexibility index (Phi) is 5.28. The Balaban J connectivity index is 1.72. The lowest BCUT2D eigenvalue weighted by Gasteiger charge is -2.27. The number of hydrogen-bond donors (Lipinski definition) is 1. The van der Waals surface area contributed by atoms with Gasteiger partial charge in [0.1, 0.15) is 5.82 Å². The first-order chi connectivity index (χ1) is 13.9. The average molecular weight is 406 g/mol. The number of rotatable bonds is 4. The number of nitrogens with zero attached hydrogens (tertiary/aromatic N) is 2. The van der Waals surface area contributed by atoms with Gasteiger partial charge in [0.2, 0.25) is 5.91 Å². The molecule has 0 saturated carbocycles. The first-order valence-corrected chi connectivity index (χ1v) is 10.6. The number of amides is 1. The van der Waals surface area contributed by atoms with Crippen LogP contribution in [0.3, 0.4) is 0 Å². The fourth-order valence-corrected chi connectivity index (χ4v) is 4.70. The Hall–Kier alpha value is -2.86. The molecule has 4 rings (SSSR count). The van der Waals surface area contributed by atoms with Crippen LogP contribution in [0.15, 0.2) is 58.5 Å². The monoisotopic (exact) mass is 405 g/mol. The van der Waals surface area contributed by atoms with Crippen LogP contribution in [-0.4, -0.2) is 15.5 Å². The van der Waals surface area contributed by atoms with Crippen LogP contribution >= 0.6 is 11.8 Å². The van der Waals surface area contributed by atoms with Gasteiger partial charge in [-0.1, -0.05) is 65.9 Å². The summed E-state index contributed by atoms with van der Waals surface area (Å²) in [4.78, 5) is 29.8. The van der Waals surface area contributed by atoms with Crippen LogP contribution in [0.5, 0.6) is 0 Å².